The molecule has 0 saturated heterocycles. The van der Waals surface area contributed by atoms with Crippen LogP contribution in [0, 0.1) is 0 Å². The summed E-state index contributed by atoms with van der Waals surface area (Å²) in [6.07, 6.45) is 1.68. The summed E-state index contributed by atoms with van der Waals surface area (Å²) in [6.45, 7) is 0.511. The van der Waals surface area contributed by atoms with E-state index in [4.69, 9.17) is 10.5 Å². The highest BCUT2D eigenvalue weighted by Gasteiger charge is 1.95. The molecule has 1 aromatic heterocycles. The van der Waals surface area contributed by atoms with Crippen molar-refractivity contribution in [3.63, 3.8) is 0 Å². The molecule has 0 radical (unpaired) electrons. The number of aromatic nitrogens is 1. The molecule has 3 heteroatoms. The summed E-state index contributed by atoms with van der Waals surface area (Å²) in [5.41, 5.74) is 6.58. The minimum Gasteiger partial charge on any atom is -0.489 e. The van der Waals surface area contributed by atoms with Gasteiger partial charge in [-0.2, -0.15) is 0 Å². The van der Waals surface area contributed by atoms with Gasteiger partial charge in [0, 0.05) is 6.20 Å². The number of benzene rings is 1. The van der Waals surface area contributed by atoms with Crippen LogP contribution in [0.4, 0.5) is 5.82 Å². The third-order valence-electron chi connectivity index (χ3n) is 1.99. The van der Waals surface area contributed by atoms with Crippen LogP contribution >= 0.6 is 0 Å². The molecule has 2 N–H and O–H groups in total. The molecule has 0 aliphatic rings. The molecular formula is C12H12N2O. The number of nitrogen functional groups attached to an aromatic ring is 1. The van der Waals surface area contributed by atoms with Gasteiger partial charge in [-0.05, 0) is 29.8 Å². The Balaban J connectivity index is 1.99. The van der Waals surface area contributed by atoms with Crippen LogP contribution in [0.2, 0.25) is 0 Å². The smallest absolute Gasteiger partial charge is 0.123 e. The summed E-state index contributed by atoms with van der Waals surface area (Å²) in [4.78, 5) is 3.92. The lowest BCUT2D eigenvalue weighted by atomic mass is 10.3. The first-order chi connectivity index (χ1) is 7.34. The number of para-hydroxylation sites is 1. The maximum Gasteiger partial charge on any atom is 0.123 e. The van der Waals surface area contributed by atoms with Crippen molar-refractivity contribution in [3.05, 3.63) is 54.2 Å². The van der Waals surface area contributed by atoms with Gasteiger partial charge in [0.05, 0.1) is 0 Å². The van der Waals surface area contributed by atoms with Crippen LogP contribution in [-0.2, 0) is 6.61 Å². The number of ether oxygens (including phenoxy) is 1. The Kier molecular flexibility index (Phi) is 2.83. The molecule has 15 heavy (non-hydrogen) atoms. The number of nitrogens with two attached hydrogens (primary N) is 1. The molecule has 2 rings (SSSR count). The second-order valence-electron chi connectivity index (χ2n) is 3.19. The first kappa shape index (κ1) is 9.52. The molecule has 0 amide bonds. The highest BCUT2D eigenvalue weighted by molar-refractivity contribution is 5.31. The summed E-state index contributed by atoms with van der Waals surface area (Å²) in [6, 6.07) is 13.4. The van der Waals surface area contributed by atoms with Gasteiger partial charge in [-0.1, -0.05) is 18.2 Å². The van der Waals surface area contributed by atoms with E-state index in [9.17, 15) is 0 Å². The van der Waals surface area contributed by atoms with E-state index < -0.39 is 0 Å². The molecule has 2 aromatic rings. The Bertz CT molecular complexity index is 429. The Morgan fingerprint density at radius 3 is 2.67 bits per heavy atom. The maximum absolute atomic E-state index is 5.56. The Hall–Kier alpha value is -2.03. The van der Waals surface area contributed by atoms with E-state index in [0.717, 1.165) is 11.3 Å². The normalized spacial score (nSPS) is 9.87. The van der Waals surface area contributed by atoms with E-state index in [1.54, 1.807) is 6.20 Å². The third kappa shape index (κ3) is 2.71. The van der Waals surface area contributed by atoms with E-state index in [2.05, 4.69) is 4.98 Å². The molecule has 0 bridgehead atoms. The van der Waals surface area contributed by atoms with Gasteiger partial charge in [-0.15, -0.1) is 0 Å². The predicted molar refractivity (Wildman–Crippen MR) is 59.4 cm³/mol. The zero-order valence-corrected chi connectivity index (χ0v) is 8.26. The number of pyridine rings is 1. The van der Waals surface area contributed by atoms with E-state index in [-0.39, 0.29) is 0 Å². The van der Waals surface area contributed by atoms with Gasteiger partial charge >= 0.3 is 0 Å². The number of rotatable bonds is 3. The molecule has 0 fully saturated rings. The number of hydrogen-bond acceptors (Lipinski definition) is 3. The average molecular weight is 200 g/mol. The molecule has 0 spiro atoms. The quantitative estimate of drug-likeness (QED) is 0.826. The summed E-state index contributed by atoms with van der Waals surface area (Å²) < 4.78 is 5.56. The Labute approximate surface area is 88.5 Å². The van der Waals surface area contributed by atoms with Crippen molar-refractivity contribution in [1.82, 2.24) is 4.98 Å². The highest BCUT2D eigenvalue weighted by Crippen LogP contribution is 2.11. The Morgan fingerprint density at radius 1 is 1.13 bits per heavy atom. The fraction of sp³-hybridized carbons (Fsp3) is 0.0833. The van der Waals surface area contributed by atoms with Gasteiger partial charge in [0.25, 0.3) is 0 Å². The van der Waals surface area contributed by atoms with Crippen LogP contribution in [0.25, 0.3) is 0 Å². The van der Waals surface area contributed by atoms with Gasteiger partial charge < -0.3 is 10.5 Å². The van der Waals surface area contributed by atoms with Crippen molar-refractivity contribution in [2.75, 3.05) is 5.73 Å². The fourth-order valence-electron chi connectivity index (χ4n) is 1.27. The van der Waals surface area contributed by atoms with Gasteiger partial charge in [0.1, 0.15) is 18.2 Å². The average Bonchev–Trinajstić information content (AvgIpc) is 2.28. The van der Waals surface area contributed by atoms with Crippen LogP contribution in [0.5, 0.6) is 5.75 Å². The lowest BCUT2D eigenvalue weighted by molar-refractivity contribution is 0.306. The molecular weight excluding hydrogens is 188 g/mol. The van der Waals surface area contributed by atoms with Crippen LogP contribution in [-0.4, -0.2) is 4.98 Å². The lowest BCUT2D eigenvalue weighted by Crippen LogP contribution is -1.97. The Morgan fingerprint density at radius 2 is 1.93 bits per heavy atom. The molecule has 0 aliphatic heterocycles. The second-order valence-corrected chi connectivity index (χ2v) is 3.19. The molecule has 1 aromatic carbocycles. The van der Waals surface area contributed by atoms with Crippen LogP contribution < -0.4 is 10.5 Å². The van der Waals surface area contributed by atoms with E-state index in [0.29, 0.717) is 12.4 Å². The van der Waals surface area contributed by atoms with E-state index >= 15 is 0 Å². The fourth-order valence-corrected chi connectivity index (χ4v) is 1.27. The van der Waals surface area contributed by atoms with Crippen LogP contribution in [0.15, 0.2) is 48.7 Å². The number of hydrogen-bond donors (Lipinski definition) is 1. The minimum atomic E-state index is 0.511. The van der Waals surface area contributed by atoms with Crippen molar-refractivity contribution in [3.8, 4) is 5.75 Å². The van der Waals surface area contributed by atoms with Gasteiger partial charge in [-0.25, -0.2) is 4.98 Å². The summed E-state index contributed by atoms with van der Waals surface area (Å²) in [5, 5.41) is 0. The molecule has 1 heterocycles. The van der Waals surface area contributed by atoms with Crippen molar-refractivity contribution in [2.45, 2.75) is 6.61 Å². The predicted octanol–water partition coefficient (Wildman–Crippen LogP) is 2.24. The van der Waals surface area contributed by atoms with Gasteiger partial charge in [0.15, 0.2) is 0 Å². The molecule has 3 nitrogen and oxygen atoms in total. The van der Waals surface area contributed by atoms with Crippen molar-refractivity contribution in [2.24, 2.45) is 0 Å². The standard InChI is InChI=1S/C12H12N2O/c13-12-8-10(6-7-14-12)9-15-11-4-2-1-3-5-11/h1-8H,9H2,(H2,13,14). The molecule has 0 unspecified atom stereocenters. The topological polar surface area (TPSA) is 48.1 Å². The number of nitrogens with zero attached hydrogens (tertiary/aromatic N) is 1. The maximum atomic E-state index is 5.56. The summed E-state index contributed by atoms with van der Waals surface area (Å²) >= 11 is 0. The largest absolute Gasteiger partial charge is 0.489 e. The first-order valence-electron chi connectivity index (χ1n) is 4.73. The molecule has 0 saturated carbocycles. The summed E-state index contributed by atoms with van der Waals surface area (Å²) in [5.74, 6) is 1.37. The highest BCUT2D eigenvalue weighted by atomic mass is 16.5. The molecule has 76 valence electrons. The van der Waals surface area contributed by atoms with Crippen LogP contribution in [0.3, 0.4) is 0 Å². The third-order valence-corrected chi connectivity index (χ3v) is 1.99. The van der Waals surface area contributed by atoms with Crippen molar-refractivity contribution < 1.29 is 4.74 Å². The SMILES string of the molecule is Nc1cc(COc2ccccc2)ccn1. The summed E-state index contributed by atoms with van der Waals surface area (Å²) in [7, 11) is 0. The zero-order chi connectivity index (χ0) is 10.5. The second kappa shape index (κ2) is 4.46. The molecule has 0 aliphatic carbocycles. The van der Waals surface area contributed by atoms with E-state index in [1.165, 1.54) is 0 Å². The monoisotopic (exact) mass is 200 g/mol. The van der Waals surface area contributed by atoms with Crippen molar-refractivity contribution in [1.29, 1.82) is 0 Å². The first-order valence-corrected chi connectivity index (χ1v) is 4.73. The van der Waals surface area contributed by atoms with E-state index in [1.807, 2.05) is 42.5 Å². The number of anilines is 1. The van der Waals surface area contributed by atoms with Crippen LogP contribution in [0.1, 0.15) is 5.56 Å². The zero-order valence-electron chi connectivity index (χ0n) is 8.26. The van der Waals surface area contributed by atoms with Gasteiger partial charge in [0.2, 0.25) is 0 Å². The van der Waals surface area contributed by atoms with Crippen molar-refractivity contribution >= 4 is 5.82 Å². The lowest BCUT2D eigenvalue weighted by Gasteiger charge is -2.05. The molecule has 0 atom stereocenters. The van der Waals surface area contributed by atoms with Gasteiger partial charge in [-0.3, -0.25) is 0 Å². The minimum absolute atomic E-state index is 0.511.